The molecule has 1 nitrogen and oxygen atoms in total. The Morgan fingerprint density at radius 2 is 1.39 bits per heavy atom. The average molecular weight is 358 g/mol. The SMILES string of the molecule is O=C(c1ccc(-c2ccccc2)cc1)C(F)(F)I. The lowest BCUT2D eigenvalue weighted by Crippen LogP contribution is -2.20. The molecule has 0 amide bonds. The summed E-state index contributed by atoms with van der Waals surface area (Å²) >= 11 is 0.843. The number of rotatable bonds is 3. The Hall–Kier alpha value is -1.30. The quantitative estimate of drug-likeness (QED) is 0.447. The van der Waals surface area contributed by atoms with Gasteiger partial charge >= 0.3 is 3.93 Å². The molecule has 0 aromatic heterocycles. The molecule has 0 spiro atoms. The number of benzene rings is 2. The first-order valence-corrected chi connectivity index (χ1v) is 6.33. The van der Waals surface area contributed by atoms with Crippen molar-refractivity contribution < 1.29 is 13.6 Å². The van der Waals surface area contributed by atoms with Gasteiger partial charge in [0.2, 0.25) is 5.78 Å². The van der Waals surface area contributed by atoms with E-state index < -0.39 is 9.71 Å². The van der Waals surface area contributed by atoms with Crippen LogP contribution in [0.15, 0.2) is 54.6 Å². The highest BCUT2D eigenvalue weighted by Gasteiger charge is 2.35. The lowest BCUT2D eigenvalue weighted by Gasteiger charge is -2.08. The summed E-state index contributed by atoms with van der Waals surface area (Å²) in [5.41, 5.74) is 1.90. The summed E-state index contributed by atoms with van der Waals surface area (Å²) in [4.78, 5) is 11.4. The fourth-order valence-electron chi connectivity index (χ4n) is 1.61. The Kier molecular flexibility index (Phi) is 3.75. The van der Waals surface area contributed by atoms with Gasteiger partial charge in [0, 0.05) is 28.2 Å². The third-order valence-corrected chi connectivity index (χ3v) is 3.00. The molecule has 0 heterocycles. The molecule has 0 fully saturated rings. The van der Waals surface area contributed by atoms with E-state index in [4.69, 9.17) is 0 Å². The number of Topliss-reactive ketones (excluding diaryl/α,β-unsaturated/α-hetero) is 1. The highest BCUT2D eigenvalue weighted by atomic mass is 127. The minimum atomic E-state index is -3.36. The van der Waals surface area contributed by atoms with Gasteiger partial charge in [0.1, 0.15) is 0 Å². The molecular formula is C14H9F2IO. The van der Waals surface area contributed by atoms with Crippen LogP contribution in [0, 0.1) is 0 Å². The zero-order valence-corrected chi connectivity index (χ0v) is 11.4. The predicted molar refractivity (Wildman–Crippen MR) is 75.2 cm³/mol. The Morgan fingerprint density at radius 3 is 1.89 bits per heavy atom. The molecule has 0 radical (unpaired) electrons. The number of ketones is 1. The monoisotopic (exact) mass is 358 g/mol. The molecule has 0 bridgehead atoms. The van der Waals surface area contributed by atoms with Crippen LogP contribution >= 0.6 is 22.6 Å². The van der Waals surface area contributed by atoms with E-state index >= 15 is 0 Å². The summed E-state index contributed by atoms with van der Waals surface area (Å²) in [7, 11) is 0. The minimum absolute atomic E-state index is 0.0223. The Labute approximate surface area is 117 Å². The molecule has 92 valence electrons. The first-order chi connectivity index (χ1) is 8.48. The molecule has 18 heavy (non-hydrogen) atoms. The maximum Gasteiger partial charge on any atom is 0.357 e. The van der Waals surface area contributed by atoms with Gasteiger partial charge in [-0.3, -0.25) is 4.79 Å². The normalized spacial score (nSPS) is 11.3. The van der Waals surface area contributed by atoms with Gasteiger partial charge < -0.3 is 0 Å². The first-order valence-electron chi connectivity index (χ1n) is 5.25. The van der Waals surface area contributed by atoms with Gasteiger partial charge in [-0.05, 0) is 11.1 Å². The molecule has 2 aromatic rings. The number of halogens is 3. The Bertz CT molecular complexity index is 544. The zero-order chi connectivity index (χ0) is 13.2. The summed E-state index contributed by atoms with van der Waals surface area (Å²) < 4.78 is 22.4. The lowest BCUT2D eigenvalue weighted by molar-refractivity contribution is 0.0627. The van der Waals surface area contributed by atoms with Crippen LogP contribution in [0.5, 0.6) is 0 Å². The molecule has 0 atom stereocenters. The van der Waals surface area contributed by atoms with Crippen LogP contribution in [0.3, 0.4) is 0 Å². The maximum absolute atomic E-state index is 12.9. The molecule has 2 aromatic carbocycles. The summed E-state index contributed by atoms with van der Waals surface area (Å²) in [6.45, 7) is 0. The van der Waals surface area contributed by atoms with Crippen molar-refractivity contribution in [2.24, 2.45) is 0 Å². The van der Waals surface area contributed by atoms with Gasteiger partial charge in [-0.25, -0.2) is 0 Å². The van der Waals surface area contributed by atoms with Crippen molar-refractivity contribution in [2.45, 2.75) is 3.93 Å². The highest BCUT2D eigenvalue weighted by molar-refractivity contribution is 14.1. The zero-order valence-electron chi connectivity index (χ0n) is 9.24. The van der Waals surface area contributed by atoms with Gasteiger partial charge in [0.15, 0.2) is 0 Å². The van der Waals surface area contributed by atoms with Crippen LogP contribution in [0.2, 0.25) is 0 Å². The minimum Gasteiger partial charge on any atom is -0.286 e. The second-order valence-electron chi connectivity index (χ2n) is 3.77. The molecular weight excluding hydrogens is 349 g/mol. The maximum atomic E-state index is 12.9. The van der Waals surface area contributed by atoms with Gasteiger partial charge in [-0.2, -0.15) is 8.78 Å². The third kappa shape index (κ3) is 2.93. The van der Waals surface area contributed by atoms with E-state index in [2.05, 4.69) is 0 Å². The number of carbonyl (C=O) groups is 1. The van der Waals surface area contributed by atoms with Crippen molar-refractivity contribution in [1.29, 1.82) is 0 Å². The van der Waals surface area contributed by atoms with Gasteiger partial charge in [0.05, 0.1) is 0 Å². The van der Waals surface area contributed by atoms with Gasteiger partial charge in [-0.15, -0.1) is 0 Å². The van der Waals surface area contributed by atoms with Gasteiger partial charge in [-0.1, -0.05) is 54.6 Å². The Morgan fingerprint density at radius 1 is 0.889 bits per heavy atom. The summed E-state index contributed by atoms with van der Waals surface area (Å²) in [6.07, 6.45) is 0. The third-order valence-electron chi connectivity index (χ3n) is 2.51. The molecule has 0 aliphatic rings. The molecule has 0 unspecified atom stereocenters. The lowest BCUT2D eigenvalue weighted by atomic mass is 10.0. The fraction of sp³-hybridized carbons (Fsp3) is 0.0714. The van der Waals surface area contributed by atoms with Crippen LogP contribution in [-0.4, -0.2) is 9.71 Å². The van der Waals surface area contributed by atoms with E-state index in [1.165, 1.54) is 12.1 Å². The summed E-state index contributed by atoms with van der Waals surface area (Å²) in [6, 6.07) is 15.7. The van der Waals surface area contributed by atoms with Crippen LogP contribution in [-0.2, 0) is 0 Å². The predicted octanol–water partition coefficient (Wildman–Crippen LogP) is 4.56. The smallest absolute Gasteiger partial charge is 0.286 e. The van der Waals surface area contributed by atoms with Crippen molar-refractivity contribution in [3.8, 4) is 11.1 Å². The van der Waals surface area contributed by atoms with E-state index in [1.807, 2.05) is 30.3 Å². The topological polar surface area (TPSA) is 17.1 Å². The van der Waals surface area contributed by atoms with Crippen molar-refractivity contribution >= 4 is 28.4 Å². The largest absolute Gasteiger partial charge is 0.357 e. The van der Waals surface area contributed by atoms with Gasteiger partial charge in [0.25, 0.3) is 0 Å². The average Bonchev–Trinajstić information content (AvgIpc) is 2.38. The molecule has 4 heteroatoms. The second-order valence-corrected chi connectivity index (χ2v) is 5.13. The van der Waals surface area contributed by atoms with Crippen molar-refractivity contribution in [3.63, 3.8) is 0 Å². The second kappa shape index (κ2) is 5.14. The highest BCUT2D eigenvalue weighted by Crippen LogP contribution is 2.28. The van der Waals surface area contributed by atoms with E-state index in [-0.39, 0.29) is 5.56 Å². The number of alkyl halides is 3. The Balaban J connectivity index is 2.29. The van der Waals surface area contributed by atoms with Crippen LogP contribution < -0.4 is 0 Å². The fourth-order valence-corrected chi connectivity index (χ4v) is 1.92. The summed E-state index contributed by atoms with van der Waals surface area (Å²) in [5.74, 6) is -1.16. The molecule has 0 saturated carbocycles. The van der Waals surface area contributed by atoms with E-state index in [9.17, 15) is 13.6 Å². The van der Waals surface area contributed by atoms with E-state index in [0.29, 0.717) is 0 Å². The molecule has 0 N–H and O–H groups in total. The van der Waals surface area contributed by atoms with Crippen molar-refractivity contribution in [3.05, 3.63) is 60.2 Å². The number of carbonyl (C=O) groups excluding carboxylic acids is 1. The van der Waals surface area contributed by atoms with Crippen LogP contribution in [0.4, 0.5) is 8.78 Å². The molecule has 0 aliphatic heterocycles. The molecule has 2 rings (SSSR count). The molecule has 0 aliphatic carbocycles. The first kappa shape index (κ1) is 13.1. The van der Waals surface area contributed by atoms with Crippen molar-refractivity contribution in [2.75, 3.05) is 0 Å². The van der Waals surface area contributed by atoms with E-state index in [1.54, 1.807) is 12.1 Å². The summed E-state index contributed by atoms with van der Waals surface area (Å²) in [5, 5.41) is 0. The van der Waals surface area contributed by atoms with Crippen LogP contribution in [0.1, 0.15) is 10.4 Å². The van der Waals surface area contributed by atoms with Crippen LogP contribution in [0.25, 0.3) is 11.1 Å². The number of hydrogen-bond donors (Lipinski definition) is 0. The standard InChI is InChI=1S/C14H9F2IO/c15-14(16,17)13(18)12-8-6-11(7-9-12)10-4-2-1-3-5-10/h1-9H. The number of hydrogen-bond acceptors (Lipinski definition) is 1. The van der Waals surface area contributed by atoms with E-state index in [0.717, 1.165) is 33.7 Å². The van der Waals surface area contributed by atoms with Crippen molar-refractivity contribution in [1.82, 2.24) is 0 Å². The molecule has 0 saturated heterocycles.